The number of hydrogen-bond donors (Lipinski definition) is 1. The van der Waals surface area contributed by atoms with Gasteiger partial charge in [0.1, 0.15) is 10.8 Å². The number of nitrogens with one attached hydrogen (secondary N) is 1. The number of amides is 1. The molecule has 0 unspecified atom stereocenters. The highest BCUT2D eigenvalue weighted by atomic mass is 35.5. The minimum Gasteiger partial charge on any atom is -0.371 e. The molecule has 1 saturated heterocycles. The van der Waals surface area contributed by atoms with Crippen molar-refractivity contribution in [1.29, 1.82) is 0 Å². The second-order valence-electron chi connectivity index (χ2n) is 6.18. The van der Waals surface area contributed by atoms with E-state index in [4.69, 9.17) is 11.6 Å². The first-order valence-electron chi connectivity index (χ1n) is 8.41. The fourth-order valence-electron chi connectivity index (χ4n) is 2.93. The molecular weight excluding hydrogens is 373 g/mol. The average Bonchev–Trinajstić information content (AvgIpc) is 3.15. The van der Waals surface area contributed by atoms with Crippen LogP contribution >= 0.6 is 11.6 Å². The first-order chi connectivity index (χ1) is 12.9. The molecular formula is C19H17ClFN3O3. The fraction of sp³-hybridized carbons (Fsp3) is 0.211. The van der Waals surface area contributed by atoms with Crippen LogP contribution in [-0.4, -0.2) is 23.9 Å². The summed E-state index contributed by atoms with van der Waals surface area (Å²) < 4.78 is 13.9. The highest BCUT2D eigenvalue weighted by Gasteiger charge is 2.15. The lowest BCUT2D eigenvalue weighted by atomic mass is 10.2. The third kappa shape index (κ3) is 4.83. The molecule has 0 saturated carbocycles. The molecule has 2 aromatic carbocycles. The van der Waals surface area contributed by atoms with E-state index in [2.05, 4.69) is 10.2 Å². The van der Waals surface area contributed by atoms with E-state index < -0.39 is 16.6 Å². The van der Waals surface area contributed by atoms with Crippen LogP contribution in [0.25, 0.3) is 6.08 Å². The molecule has 0 radical (unpaired) electrons. The Morgan fingerprint density at radius 3 is 2.67 bits per heavy atom. The van der Waals surface area contributed by atoms with Crippen LogP contribution in [0.4, 0.5) is 21.5 Å². The highest BCUT2D eigenvalue weighted by molar-refractivity contribution is 6.32. The van der Waals surface area contributed by atoms with Crippen molar-refractivity contribution < 1.29 is 14.1 Å². The Morgan fingerprint density at radius 2 is 1.96 bits per heavy atom. The van der Waals surface area contributed by atoms with Crippen molar-refractivity contribution in [2.24, 2.45) is 0 Å². The average molecular weight is 390 g/mol. The predicted octanol–water partition coefficient (Wildman–Crippen LogP) is 4.64. The van der Waals surface area contributed by atoms with Gasteiger partial charge in [-0.05, 0) is 48.7 Å². The SMILES string of the molecule is O=C(/C=C/c1ccc(Cl)c([N+](=O)[O-])c1)Nc1cc(F)cc(N2CCCC2)c1. The number of nitrogens with zero attached hydrogens (tertiary/aromatic N) is 2. The van der Waals surface area contributed by atoms with Crippen LogP contribution in [0.15, 0.2) is 42.5 Å². The molecule has 1 N–H and O–H groups in total. The molecule has 2 aromatic rings. The van der Waals surface area contributed by atoms with Crippen molar-refractivity contribution in [3.63, 3.8) is 0 Å². The molecule has 27 heavy (non-hydrogen) atoms. The van der Waals surface area contributed by atoms with E-state index in [0.717, 1.165) is 31.6 Å². The first kappa shape index (κ1) is 18.8. The molecule has 6 nitrogen and oxygen atoms in total. The van der Waals surface area contributed by atoms with E-state index >= 15 is 0 Å². The molecule has 3 rings (SSSR count). The van der Waals surface area contributed by atoms with E-state index in [9.17, 15) is 19.3 Å². The standard InChI is InChI=1S/C19H17ClFN3O3/c20-17-5-3-13(9-18(17)24(26)27)4-6-19(25)22-15-10-14(21)11-16(12-15)23-7-1-2-8-23/h3-6,9-12H,1-2,7-8H2,(H,22,25)/b6-4+. The van der Waals surface area contributed by atoms with Crippen LogP contribution in [-0.2, 0) is 4.79 Å². The van der Waals surface area contributed by atoms with Gasteiger partial charge in [0.2, 0.25) is 5.91 Å². The van der Waals surface area contributed by atoms with Crippen molar-refractivity contribution in [3.05, 3.63) is 69.0 Å². The smallest absolute Gasteiger partial charge is 0.288 e. The fourth-order valence-corrected chi connectivity index (χ4v) is 3.12. The molecule has 1 fully saturated rings. The lowest BCUT2D eigenvalue weighted by Gasteiger charge is -2.18. The van der Waals surface area contributed by atoms with Crippen molar-refractivity contribution in [1.82, 2.24) is 0 Å². The minimum atomic E-state index is -0.591. The molecule has 0 bridgehead atoms. The summed E-state index contributed by atoms with van der Waals surface area (Å²) in [6, 6.07) is 8.66. The first-order valence-corrected chi connectivity index (χ1v) is 8.79. The molecule has 1 heterocycles. The monoisotopic (exact) mass is 389 g/mol. The Kier molecular flexibility index (Phi) is 5.71. The van der Waals surface area contributed by atoms with Gasteiger partial charge in [-0.2, -0.15) is 0 Å². The van der Waals surface area contributed by atoms with Gasteiger partial charge in [-0.25, -0.2) is 4.39 Å². The third-order valence-electron chi connectivity index (χ3n) is 4.22. The van der Waals surface area contributed by atoms with Crippen LogP contribution in [0.3, 0.4) is 0 Å². The van der Waals surface area contributed by atoms with Gasteiger partial charge in [0, 0.05) is 36.6 Å². The summed E-state index contributed by atoms with van der Waals surface area (Å²) in [6.45, 7) is 1.73. The van der Waals surface area contributed by atoms with E-state index in [-0.39, 0.29) is 10.7 Å². The zero-order valence-corrected chi connectivity index (χ0v) is 15.1. The van der Waals surface area contributed by atoms with Gasteiger partial charge in [-0.3, -0.25) is 14.9 Å². The molecule has 140 valence electrons. The molecule has 0 aliphatic carbocycles. The summed E-state index contributed by atoms with van der Waals surface area (Å²) in [4.78, 5) is 24.5. The van der Waals surface area contributed by atoms with Crippen molar-refractivity contribution >= 4 is 40.6 Å². The van der Waals surface area contributed by atoms with Crippen molar-refractivity contribution in [3.8, 4) is 0 Å². The normalized spacial score (nSPS) is 13.9. The summed E-state index contributed by atoms with van der Waals surface area (Å²) in [5.74, 6) is -0.891. The van der Waals surface area contributed by atoms with Crippen LogP contribution < -0.4 is 10.2 Å². The Hall–Kier alpha value is -2.93. The van der Waals surface area contributed by atoms with E-state index in [1.165, 1.54) is 36.4 Å². The minimum absolute atomic E-state index is 0.0239. The summed E-state index contributed by atoms with van der Waals surface area (Å²) >= 11 is 5.76. The number of anilines is 2. The molecule has 0 atom stereocenters. The molecule has 1 aliphatic heterocycles. The van der Waals surface area contributed by atoms with Gasteiger partial charge < -0.3 is 10.2 Å². The maximum Gasteiger partial charge on any atom is 0.288 e. The highest BCUT2D eigenvalue weighted by Crippen LogP contribution is 2.26. The van der Waals surface area contributed by atoms with Gasteiger partial charge in [0.25, 0.3) is 5.69 Å². The van der Waals surface area contributed by atoms with Gasteiger partial charge in [-0.1, -0.05) is 17.7 Å². The van der Waals surface area contributed by atoms with Crippen LogP contribution in [0.5, 0.6) is 0 Å². The largest absolute Gasteiger partial charge is 0.371 e. The maximum atomic E-state index is 13.9. The molecule has 8 heteroatoms. The van der Waals surface area contributed by atoms with E-state index in [1.54, 1.807) is 12.1 Å². The van der Waals surface area contributed by atoms with E-state index in [0.29, 0.717) is 11.3 Å². The second-order valence-corrected chi connectivity index (χ2v) is 6.59. The number of benzene rings is 2. The number of hydrogen-bond acceptors (Lipinski definition) is 4. The zero-order valence-electron chi connectivity index (χ0n) is 14.3. The number of carbonyl (C=O) groups is 1. The molecule has 1 aliphatic rings. The van der Waals surface area contributed by atoms with Gasteiger partial charge in [0.15, 0.2) is 0 Å². The quantitative estimate of drug-likeness (QED) is 0.459. The van der Waals surface area contributed by atoms with Crippen LogP contribution in [0, 0.1) is 15.9 Å². The number of halogens is 2. The maximum absolute atomic E-state index is 13.9. The number of carbonyl (C=O) groups excluding carboxylic acids is 1. The zero-order chi connectivity index (χ0) is 19.4. The predicted molar refractivity (Wildman–Crippen MR) is 104 cm³/mol. The van der Waals surface area contributed by atoms with Crippen LogP contribution in [0.2, 0.25) is 5.02 Å². The van der Waals surface area contributed by atoms with Crippen molar-refractivity contribution in [2.45, 2.75) is 12.8 Å². The summed E-state index contributed by atoms with van der Waals surface area (Å²) in [7, 11) is 0. The second kappa shape index (κ2) is 8.18. The van der Waals surface area contributed by atoms with Gasteiger partial charge in [-0.15, -0.1) is 0 Å². The lowest BCUT2D eigenvalue weighted by Crippen LogP contribution is -2.18. The number of nitro groups is 1. The third-order valence-corrected chi connectivity index (χ3v) is 4.53. The summed E-state index contributed by atoms with van der Waals surface area (Å²) in [5, 5.41) is 13.5. The Labute approximate surface area is 160 Å². The van der Waals surface area contributed by atoms with E-state index in [1.807, 2.05) is 0 Å². The molecule has 1 amide bonds. The summed E-state index contributed by atoms with van der Waals surface area (Å²) in [6.07, 6.45) is 4.79. The lowest BCUT2D eigenvalue weighted by molar-refractivity contribution is -0.384. The topological polar surface area (TPSA) is 75.5 Å². The van der Waals surface area contributed by atoms with Crippen LogP contribution in [0.1, 0.15) is 18.4 Å². The summed E-state index contributed by atoms with van der Waals surface area (Å²) in [5.41, 5.74) is 1.31. The Morgan fingerprint density at radius 1 is 1.22 bits per heavy atom. The number of nitro benzene ring substituents is 1. The Bertz CT molecular complexity index is 911. The molecule has 0 spiro atoms. The Balaban J connectivity index is 1.71. The van der Waals surface area contributed by atoms with Gasteiger partial charge >= 0.3 is 0 Å². The molecule has 0 aromatic heterocycles. The van der Waals surface area contributed by atoms with Gasteiger partial charge in [0.05, 0.1) is 4.92 Å². The van der Waals surface area contributed by atoms with Crippen molar-refractivity contribution in [2.75, 3.05) is 23.3 Å². The number of rotatable bonds is 5.